The summed E-state index contributed by atoms with van der Waals surface area (Å²) in [6.07, 6.45) is 3.54. The molecule has 0 saturated carbocycles. The lowest BCUT2D eigenvalue weighted by atomic mass is 9.90. The molecular formula is C14H21FO2. The zero-order chi connectivity index (χ0) is 13.6. The number of rotatable bonds is 5. The predicted octanol–water partition coefficient (Wildman–Crippen LogP) is 4.25. The molecule has 0 fully saturated rings. The van der Waals surface area contributed by atoms with Gasteiger partial charge in [-0.3, -0.25) is 0 Å². The van der Waals surface area contributed by atoms with E-state index in [0.29, 0.717) is 17.6 Å². The third kappa shape index (κ3) is 4.98. The average Bonchev–Trinajstić information content (AvgIpc) is 2.21. The molecule has 0 amide bonds. The van der Waals surface area contributed by atoms with Gasteiger partial charge in [-0.2, -0.15) is 0 Å². The number of halogens is 1. The van der Waals surface area contributed by atoms with Crippen molar-refractivity contribution in [2.24, 2.45) is 5.92 Å². The van der Waals surface area contributed by atoms with Crippen LogP contribution in [0.15, 0.2) is 34.7 Å². The molecule has 0 heterocycles. The Balaban J connectivity index is 5.67. The zero-order valence-electron chi connectivity index (χ0n) is 11.2. The summed E-state index contributed by atoms with van der Waals surface area (Å²) in [7, 11) is 0. The van der Waals surface area contributed by atoms with E-state index in [1.54, 1.807) is 13.0 Å². The Morgan fingerprint density at radius 2 is 1.82 bits per heavy atom. The molecule has 3 heteroatoms. The fourth-order valence-electron chi connectivity index (χ4n) is 1.50. The topological polar surface area (TPSA) is 37.3 Å². The molecule has 96 valence electrons. The van der Waals surface area contributed by atoms with Crippen LogP contribution >= 0.6 is 0 Å². The summed E-state index contributed by atoms with van der Waals surface area (Å²) in [4.78, 5) is 11.3. The summed E-state index contributed by atoms with van der Waals surface area (Å²) in [6, 6.07) is 0. The lowest BCUT2D eigenvalue weighted by Gasteiger charge is -2.14. The van der Waals surface area contributed by atoms with E-state index in [9.17, 15) is 14.3 Å². The third-order valence-electron chi connectivity index (χ3n) is 2.57. The summed E-state index contributed by atoms with van der Waals surface area (Å²) < 4.78 is 12.7. The molecule has 0 unspecified atom stereocenters. The van der Waals surface area contributed by atoms with Gasteiger partial charge in [-0.05, 0) is 37.8 Å². The number of aliphatic carboxylic acids is 1. The van der Waals surface area contributed by atoms with E-state index in [4.69, 9.17) is 0 Å². The standard InChI is InChI=1S/C14H21FO2/c1-6-10(4)13(14(16)17)12(9(2)3)8-7-11(5)15/h7-9H,6H2,1-5H3,(H,16,17)/b11-7+,12-8-,13-10-. The van der Waals surface area contributed by atoms with Crippen LogP contribution in [0.5, 0.6) is 0 Å². The summed E-state index contributed by atoms with van der Waals surface area (Å²) >= 11 is 0. The minimum absolute atomic E-state index is 0.0400. The van der Waals surface area contributed by atoms with Crippen LogP contribution < -0.4 is 0 Å². The second kappa shape index (κ2) is 7.05. The van der Waals surface area contributed by atoms with Gasteiger partial charge < -0.3 is 5.11 Å². The molecule has 0 saturated heterocycles. The Hall–Kier alpha value is -1.38. The molecule has 0 spiro atoms. The predicted molar refractivity (Wildman–Crippen MR) is 68.4 cm³/mol. The Morgan fingerprint density at radius 1 is 1.29 bits per heavy atom. The summed E-state index contributed by atoms with van der Waals surface area (Å²) in [6.45, 7) is 8.85. The van der Waals surface area contributed by atoms with E-state index in [-0.39, 0.29) is 11.7 Å². The highest BCUT2D eigenvalue weighted by atomic mass is 19.1. The number of carboxylic acid groups (broad SMARTS) is 1. The molecule has 0 aliphatic heterocycles. The molecule has 0 aromatic heterocycles. The summed E-state index contributed by atoms with van der Waals surface area (Å²) in [5.41, 5.74) is 1.77. The molecule has 0 rings (SSSR count). The van der Waals surface area contributed by atoms with Gasteiger partial charge in [0, 0.05) is 0 Å². The highest BCUT2D eigenvalue weighted by molar-refractivity contribution is 5.92. The monoisotopic (exact) mass is 240 g/mol. The molecule has 0 aliphatic rings. The number of carbonyl (C=O) groups is 1. The summed E-state index contributed by atoms with van der Waals surface area (Å²) in [5.74, 6) is -1.24. The van der Waals surface area contributed by atoms with E-state index in [0.717, 1.165) is 5.57 Å². The van der Waals surface area contributed by atoms with E-state index in [1.165, 1.54) is 13.0 Å². The number of hydrogen-bond acceptors (Lipinski definition) is 1. The fourth-order valence-corrected chi connectivity index (χ4v) is 1.50. The first-order valence-corrected chi connectivity index (χ1v) is 5.78. The smallest absolute Gasteiger partial charge is 0.335 e. The maximum Gasteiger partial charge on any atom is 0.335 e. The van der Waals surface area contributed by atoms with Crippen LogP contribution in [-0.2, 0) is 4.79 Å². The van der Waals surface area contributed by atoms with Gasteiger partial charge in [-0.15, -0.1) is 0 Å². The van der Waals surface area contributed by atoms with Gasteiger partial charge in [0.05, 0.1) is 11.4 Å². The molecular weight excluding hydrogens is 219 g/mol. The largest absolute Gasteiger partial charge is 0.478 e. The average molecular weight is 240 g/mol. The normalized spacial score (nSPS) is 15.0. The van der Waals surface area contributed by atoms with Crippen molar-refractivity contribution in [1.29, 1.82) is 0 Å². The first kappa shape index (κ1) is 15.6. The van der Waals surface area contributed by atoms with E-state index < -0.39 is 5.97 Å². The molecule has 0 aliphatic carbocycles. The minimum Gasteiger partial charge on any atom is -0.478 e. The molecule has 0 radical (unpaired) electrons. The van der Waals surface area contributed by atoms with Gasteiger partial charge in [0.25, 0.3) is 0 Å². The van der Waals surface area contributed by atoms with Crippen LogP contribution in [0.25, 0.3) is 0 Å². The van der Waals surface area contributed by atoms with Crippen molar-refractivity contribution in [3.63, 3.8) is 0 Å². The Kier molecular flexibility index (Phi) is 6.47. The van der Waals surface area contributed by atoms with Crippen LogP contribution in [-0.4, -0.2) is 11.1 Å². The lowest BCUT2D eigenvalue weighted by molar-refractivity contribution is -0.132. The van der Waals surface area contributed by atoms with Gasteiger partial charge in [0.2, 0.25) is 0 Å². The summed E-state index contributed by atoms with van der Waals surface area (Å²) in [5, 5.41) is 9.25. The fraction of sp³-hybridized carbons (Fsp3) is 0.500. The van der Waals surface area contributed by atoms with E-state index >= 15 is 0 Å². The molecule has 0 aromatic carbocycles. The molecule has 2 nitrogen and oxygen atoms in total. The lowest BCUT2D eigenvalue weighted by Crippen LogP contribution is -2.10. The van der Waals surface area contributed by atoms with Gasteiger partial charge in [0.15, 0.2) is 0 Å². The minimum atomic E-state index is -0.950. The van der Waals surface area contributed by atoms with Gasteiger partial charge in [-0.1, -0.05) is 32.4 Å². The van der Waals surface area contributed by atoms with Crippen LogP contribution in [0.4, 0.5) is 4.39 Å². The highest BCUT2D eigenvalue weighted by Gasteiger charge is 2.18. The Bertz CT molecular complexity index is 370. The molecule has 0 aromatic rings. The first-order valence-electron chi connectivity index (χ1n) is 5.78. The third-order valence-corrected chi connectivity index (χ3v) is 2.57. The van der Waals surface area contributed by atoms with E-state index in [1.807, 2.05) is 20.8 Å². The number of allylic oxidation sites excluding steroid dienone is 4. The van der Waals surface area contributed by atoms with Crippen molar-refractivity contribution in [2.75, 3.05) is 0 Å². The highest BCUT2D eigenvalue weighted by Crippen LogP contribution is 2.24. The Morgan fingerprint density at radius 3 is 2.12 bits per heavy atom. The van der Waals surface area contributed by atoms with Crippen LogP contribution in [0.3, 0.4) is 0 Å². The van der Waals surface area contributed by atoms with Crippen LogP contribution in [0.1, 0.15) is 41.0 Å². The second-order valence-corrected chi connectivity index (χ2v) is 4.34. The SMILES string of the molecule is CC/C(C)=C(C(=O)O)/C(=C\C=C(/C)F)C(C)C. The quantitative estimate of drug-likeness (QED) is 0.576. The molecule has 1 N–H and O–H groups in total. The van der Waals surface area contributed by atoms with Crippen LogP contribution in [0.2, 0.25) is 0 Å². The van der Waals surface area contributed by atoms with Crippen molar-refractivity contribution in [3.8, 4) is 0 Å². The zero-order valence-corrected chi connectivity index (χ0v) is 11.2. The van der Waals surface area contributed by atoms with Crippen LogP contribution in [0, 0.1) is 5.92 Å². The van der Waals surface area contributed by atoms with Gasteiger partial charge in [0.1, 0.15) is 0 Å². The maximum atomic E-state index is 12.7. The van der Waals surface area contributed by atoms with Crippen molar-refractivity contribution in [1.82, 2.24) is 0 Å². The second-order valence-electron chi connectivity index (χ2n) is 4.34. The molecule has 17 heavy (non-hydrogen) atoms. The molecule has 0 bridgehead atoms. The van der Waals surface area contributed by atoms with Crippen molar-refractivity contribution in [2.45, 2.75) is 41.0 Å². The Labute approximate surface area is 103 Å². The number of hydrogen-bond donors (Lipinski definition) is 1. The first-order chi connectivity index (χ1) is 7.81. The van der Waals surface area contributed by atoms with Gasteiger partial charge in [-0.25, -0.2) is 9.18 Å². The number of carboxylic acids is 1. The van der Waals surface area contributed by atoms with E-state index in [2.05, 4.69) is 0 Å². The maximum absolute atomic E-state index is 12.7. The molecule has 0 atom stereocenters. The van der Waals surface area contributed by atoms with Crippen molar-refractivity contribution < 1.29 is 14.3 Å². The van der Waals surface area contributed by atoms with Crippen molar-refractivity contribution in [3.05, 3.63) is 34.7 Å². The van der Waals surface area contributed by atoms with Gasteiger partial charge >= 0.3 is 5.97 Å². The van der Waals surface area contributed by atoms with Crippen molar-refractivity contribution >= 4 is 5.97 Å².